The molecule has 2 aliphatic rings. The number of aliphatic imine (C=N–C) groups is 1. The number of hydrogen-bond acceptors (Lipinski definition) is 2. The third-order valence-electron chi connectivity index (χ3n) is 4.87. The van der Waals surface area contributed by atoms with Crippen LogP contribution in [0, 0.1) is 11.8 Å². The average molecular weight is 322 g/mol. The molecule has 0 aromatic rings. The Kier molecular flexibility index (Phi) is 7.18. The second-order valence-electron chi connectivity index (χ2n) is 7.34. The molecule has 2 N–H and O–H groups in total. The minimum atomic E-state index is 0.293. The van der Waals surface area contributed by atoms with Crippen molar-refractivity contribution in [1.29, 1.82) is 0 Å². The molecule has 0 radical (unpaired) electrons. The molecule has 1 aliphatic carbocycles. The number of nitrogens with zero attached hydrogens (tertiary/aromatic N) is 2. The standard InChI is InChI=1S/C18H34N4O/c1-4-19-18(20-11-9-14(2)3)21-16-10-12-22(13-16)17(23)15-7-5-6-8-15/h14-16H,4-13H2,1-3H3,(H2,19,20,21). The van der Waals surface area contributed by atoms with Crippen LogP contribution in [0.5, 0.6) is 0 Å². The quantitative estimate of drug-likeness (QED) is 0.583. The Balaban J connectivity index is 1.80. The van der Waals surface area contributed by atoms with Crippen LogP contribution in [0.1, 0.15) is 59.3 Å². The topological polar surface area (TPSA) is 56.7 Å². The van der Waals surface area contributed by atoms with Gasteiger partial charge in [-0.2, -0.15) is 0 Å². The van der Waals surface area contributed by atoms with E-state index in [1.54, 1.807) is 0 Å². The molecule has 1 aliphatic heterocycles. The molecule has 2 rings (SSSR count). The van der Waals surface area contributed by atoms with E-state index in [0.29, 0.717) is 23.8 Å². The summed E-state index contributed by atoms with van der Waals surface area (Å²) in [6, 6.07) is 0.331. The first-order valence-corrected chi connectivity index (χ1v) is 9.43. The fourth-order valence-corrected chi connectivity index (χ4v) is 3.46. The molecule has 5 heteroatoms. The van der Waals surface area contributed by atoms with Crippen molar-refractivity contribution in [2.75, 3.05) is 26.2 Å². The van der Waals surface area contributed by atoms with E-state index in [2.05, 4.69) is 41.3 Å². The molecule has 0 aromatic carbocycles. The molecule has 23 heavy (non-hydrogen) atoms. The fraction of sp³-hybridized carbons (Fsp3) is 0.889. The van der Waals surface area contributed by atoms with Crippen molar-refractivity contribution >= 4 is 11.9 Å². The van der Waals surface area contributed by atoms with Crippen LogP contribution in [0.3, 0.4) is 0 Å². The zero-order valence-electron chi connectivity index (χ0n) is 15.1. The number of carbonyl (C=O) groups is 1. The van der Waals surface area contributed by atoms with Gasteiger partial charge in [0, 0.05) is 38.1 Å². The van der Waals surface area contributed by atoms with Gasteiger partial charge >= 0.3 is 0 Å². The second-order valence-corrected chi connectivity index (χ2v) is 7.34. The predicted molar refractivity (Wildman–Crippen MR) is 95.5 cm³/mol. The second kappa shape index (κ2) is 9.14. The molecule has 1 saturated carbocycles. The Morgan fingerprint density at radius 1 is 1.26 bits per heavy atom. The third kappa shape index (κ3) is 5.70. The summed E-state index contributed by atoms with van der Waals surface area (Å²) in [5.74, 6) is 2.25. The van der Waals surface area contributed by atoms with Gasteiger partial charge < -0.3 is 15.5 Å². The molecule has 0 bridgehead atoms. The van der Waals surface area contributed by atoms with Crippen LogP contribution in [0.4, 0.5) is 0 Å². The van der Waals surface area contributed by atoms with E-state index < -0.39 is 0 Å². The Morgan fingerprint density at radius 3 is 2.65 bits per heavy atom. The summed E-state index contributed by atoms with van der Waals surface area (Å²) in [6.45, 7) is 9.96. The highest BCUT2D eigenvalue weighted by atomic mass is 16.2. The summed E-state index contributed by atoms with van der Waals surface area (Å²) in [7, 11) is 0. The smallest absolute Gasteiger partial charge is 0.225 e. The van der Waals surface area contributed by atoms with Crippen molar-refractivity contribution in [3.8, 4) is 0 Å². The van der Waals surface area contributed by atoms with E-state index >= 15 is 0 Å². The van der Waals surface area contributed by atoms with Gasteiger partial charge in [0.15, 0.2) is 5.96 Å². The van der Waals surface area contributed by atoms with Gasteiger partial charge in [-0.1, -0.05) is 26.7 Å². The SMILES string of the molecule is CCNC(=NCCC(C)C)NC1CCN(C(=O)C2CCCC2)C1. The van der Waals surface area contributed by atoms with Crippen molar-refractivity contribution < 1.29 is 4.79 Å². The number of guanidine groups is 1. The highest BCUT2D eigenvalue weighted by Gasteiger charge is 2.32. The van der Waals surface area contributed by atoms with Gasteiger partial charge in [0.2, 0.25) is 5.91 Å². The maximum atomic E-state index is 12.5. The highest BCUT2D eigenvalue weighted by molar-refractivity contribution is 5.81. The average Bonchev–Trinajstić information content (AvgIpc) is 3.18. The summed E-state index contributed by atoms with van der Waals surface area (Å²) in [4.78, 5) is 19.2. The Morgan fingerprint density at radius 2 is 2.00 bits per heavy atom. The molecule has 5 nitrogen and oxygen atoms in total. The van der Waals surface area contributed by atoms with Crippen LogP contribution in [0.2, 0.25) is 0 Å². The highest BCUT2D eigenvalue weighted by Crippen LogP contribution is 2.27. The molecule has 1 unspecified atom stereocenters. The molecule has 1 saturated heterocycles. The lowest BCUT2D eigenvalue weighted by atomic mass is 10.1. The lowest BCUT2D eigenvalue weighted by Crippen LogP contribution is -2.45. The monoisotopic (exact) mass is 322 g/mol. The largest absolute Gasteiger partial charge is 0.357 e. The van der Waals surface area contributed by atoms with Gasteiger partial charge in [-0.25, -0.2) is 0 Å². The molecule has 1 heterocycles. The number of amides is 1. The predicted octanol–water partition coefficient (Wildman–Crippen LogP) is 2.38. The maximum absolute atomic E-state index is 12.5. The van der Waals surface area contributed by atoms with Gasteiger partial charge in [0.1, 0.15) is 0 Å². The first-order valence-electron chi connectivity index (χ1n) is 9.43. The van der Waals surface area contributed by atoms with Gasteiger partial charge in [-0.05, 0) is 38.5 Å². The molecular formula is C18H34N4O. The first kappa shape index (κ1) is 18.1. The number of nitrogens with one attached hydrogen (secondary N) is 2. The van der Waals surface area contributed by atoms with E-state index in [0.717, 1.165) is 57.8 Å². The first-order chi connectivity index (χ1) is 11.1. The summed E-state index contributed by atoms with van der Waals surface area (Å²) < 4.78 is 0. The molecule has 0 spiro atoms. The Bertz CT molecular complexity index is 402. The summed E-state index contributed by atoms with van der Waals surface area (Å²) in [5.41, 5.74) is 0. The van der Waals surface area contributed by atoms with E-state index in [-0.39, 0.29) is 0 Å². The number of rotatable bonds is 6. The summed E-state index contributed by atoms with van der Waals surface area (Å²) in [6.07, 6.45) is 6.75. The summed E-state index contributed by atoms with van der Waals surface area (Å²) in [5, 5.41) is 6.83. The maximum Gasteiger partial charge on any atom is 0.225 e. The number of likely N-dealkylation sites (tertiary alicyclic amines) is 1. The molecular weight excluding hydrogens is 288 g/mol. The van der Waals surface area contributed by atoms with Crippen LogP contribution in [-0.4, -0.2) is 49.0 Å². The Hall–Kier alpha value is -1.26. The van der Waals surface area contributed by atoms with Gasteiger partial charge in [0.05, 0.1) is 0 Å². The minimum absolute atomic E-state index is 0.293. The van der Waals surface area contributed by atoms with E-state index in [4.69, 9.17) is 0 Å². The lowest BCUT2D eigenvalue weighted by Gasteiger charge is -2.21. The minimum Gasteiger partial charge on any atom is -0.357 e. The molecule has 2 fully saturated rings. The van der Waals surface area contributed by atoms with Crippen molar-refractivity contribution in [2.24, 2.45) is 16.8 Å². The van der Waals surface area contributed by atoms with Gasteiger partial charge in [-0.15, -0.1) is 0 Å². The van der Waals surface area contributed by atoms with E-state index in [1.807, 2.05) is 0 Å². The molecule has 1 amide bonds. The van der Waals surface area contributed by atoms with Crippen LogP contribution < -0.4 is 10.6 Å². The van der Waals surface area contributed by atoms with Crippen molar-refractivity contribution in [3.05, 3.63) is 0 Å². The fourth-order valence-electron chi connectivity index (χ4n) is 3.46. The van der Waals surface area contributed by atoms with Crippen LogP contribution >= 0.6 is 0 Å². The zero-order chi connectivity index (χ0) is 16.7. The van der Waals surface area contributed by atoms with E-state index in [9.17, 15) is 4.79 Å². The van der Waals surface area contributed by atoms with Gasteiger partial charge in [0.25, 0.3) is 0 Å². The van der Waals surface area contributed by atoms with Crippen molar-refractivity contribution in [1.82, 2.24) is 15.5 Å². The van der Waals surface area contributed by atoms with E-state index in [1.165, 1.54) is 12.8 Å². The Labute approximate surface area is 141 Å². The third-order valence-corrected chi connectivity index (χ3v) is 4.87. The lowest BCUT2D eigenvalue weighted by molar-refractivity contribution is -0.134. The van der Waals surface area contributed by atoms with Crippen molar-refractivity contribution in [3.63, 3.8) is 0 Å². The number of hydrogen-bond donors (Lipinski definition) is 2. The summed E-state index contributed by atoms with van der Waals surface area (Å²) >= 11 is 0. The van der Waals surface area contributed by atoms with Crippen molar-refractivity contribution in [2.45, 2.75) is 65.3 Å². The van der Waals surface area contributed by atoms with Gasteiger partial charge in [-0.3, -0.25) is 9.79 Å². The zero-order valence-corrected chi connectivity index (χ0v) is 15.1. The molecule has 1 atom stereocenters. The number of carbonyl (C=O) groups excluding carboxylic acids is 1. The van der Waals surface area contributed by atoms with Crippen LogP contribution in [0.15, 0.2) is 4.99 Å². The molecule has 0 aromatic heterocycles. The van der Waals surface area contributed by atoms with Crippen LogP contribution in [0.25, 0.3) is 0 Å². The normalized spacial score (nSPS) is 22.9. The van der Waals surface area contributed by atoms with Crippen LogP contribution in [-0.2, 0) is 4.79 Å². The molecule has 132 valence electrons.